The van der Waals surface area contributed by atoms with Gasteiger partial charge in [-0.3, -0.25) is 9.59 Å². The van der Waals surface area contributed by atoms with Crippen LogP contribution < -0.4 is 11.1 Å². The predicted octanol–water partition coefficient (Wildman–Crippen LogP) is 14.0. The van der Waals surface area contributed by atoms with E-state index in [1.807, 2.05) is 0 Å². The summed E-state index contributed by atoms with van der Waals surface area (Å²) in [7, 11) is 0. The summed E-state index contributed by atoms with van der Waals surface area (Å²) in [6.45, 7) is 4.95. The second kappa shape index (κ2) is 44.0. The molecule has 0 bridgehead atoms. The van der Waals surface area contributed by atoms with Crippen LogP contribution >= 0.6 is 0 Å². The Hall–Kier alpha value is -2.15. The van der Waals surface area contributed by atoms with Crippen LogP contribution in [0.15, 0.2) is 24.3 Å². The molecule has 0 aliphatic rings. The lowest BCUT2D eigenvalue weighted by atomic mass is 10.0. The predicted molar refractivity (Wildman–Crippen MR) is 239 cm³/mol. The maximum Gasteiger partial charge on any atom is 0.326 e. The molecule has 0 aliphatic carbocycles. The summed E-state index contributed by atoms with van der Waals surface area (Å²) < 4.78 is 6.05. The number of aliphatic carboxylic acids is 1. The molecule has 0 rings (SSSR count). The van der Waals surface area contributed by atoms with Gasteiger partial charge in [-0.05, 0) is 103 Å². The van der Waals surface area contributed by atoms with Gasteiger partial charge in [0.25, 0.3) is 0 Å². The second-order valence-corrected chi connectivity index (χ2v) is 16.5. The van der Waals surface area contributed by atoms with E-state index in [1.165, 1.54) is 135 Å². The quantitative estimate of drug-likeness (QED) is 0.0321. The minimum atomic E-state index is -1.00. The first-order chi connectivity index (χ1) is 27.4. The van der Waals surface area contributed by atoms with E-state index >= 15 is 0 Å². The maximum atomic E-state index is 12.8. The van der Waals surface area contributed by atoms with Crippen LogP contribution in [0.1, 0.15) is 251 Å². The minimum absolute atomic E-state index is 0.0162. The van der Waals surface area contributed by atoms with Gasteiger partial charge < -0.3 is 20.9 Å². The van der Waals surface area contributed by atoms with Crippen LogP contribution in [-0.4, -0.2) is 41.6 Å². The van der Waals surface area contributed by atoms with Gasteiger partial charge in [0.15, 0.2) is 0 Å². The minimum Gasteiger partial charge on any atom is -0.480 e. The summed E-state index contributed by atoms with van der Waals surface area (Å²) in [4.78, 5) is 36.4. The van der Waals surface area contributed by atoms with Crippen molar-refractivity contribution in [3.63, 3.8) is 0 Å². The molecular weight excluding hydrogens is 697 g/mol. The van der Waals surface area contributed by atoms with Crippen molar-refractivity contribution in [2.45, 2.75) is 264 Å². The molecule has 2 atom stereocenters. The zero-order valence-corrected chi connectivity index (χ0v) is 37.0. The Morgan fingerprint density at radius 2 is 0.893 bits per heavy atom. The van der Waals surface area contributed by atoms with E-state index in [4.69, 9.17) is 10.5 Å². The van der Waals surface area contributed by atoms with Crippen LogP contribution in [0.3, 0.4) is 0 Å². The lowest BCUT2D eigenvalue weighted by Gasteiger charge is -2.18. The van der Waals surface area contributed by atoms with Crippen molar-refractivity contribution >= 4 is 17.8 Å². The molecule has 0 aromatic heterocycles. The third-order valence-corrected chi connectivity index (χ3v) is 11.0. The number of carbonyl (C=O) groups is 3. The molecule has 0 spiro atoms. The zero-order valence-electron chi connectivity index (χ0n) is 37.0. The number of allylic oxidation sites excluding steroid dienone is 4. The van der Waals surface area contributed by atoms with Gasteiger partial charge in [0.1, 0.15) is 12.1 Å². The average molecular weight is 789 g/mol. The first-order valence-corrected chi connectivity index (χ1v) is 24.2. The van der Waals surface area contributed by atoms with E-state index in [1.54, 1.807) is 0 Å². The third-order valence-electron chi connectivity index (χ3n) is 11.0. The Morgan fingerprint density at radius 3 is 1.36 bits per heavy atom. The van der Waals surface area contributed by atoms with Crippen molar-refractivity contribution in [3.05, 3.63) is 24.3 Å². The van der Waals surface area contributed by atoms with Gasteiger partial charge in [0, 0.05) is 12.8 Å². The smallest absolute Gasteiger partial charge is 0.326 e. The number of nitrogens with one attached hydrogen (secondary N) is 1. The fourth-order valence-electron chi connectivity index (χ4n) is 7.33. The molecule has 0 aromatic carbocycles. The second-order valence-electron chi connectivity index (χ2n) is 16.5. The molecular formula is C49H92N2O5. The molecule has 2 unspecified atom stereocenters. The summed E-state index contributed by atoms with van der Waals surface area (Å²) >= 11 is 0. The monoisotopic (exact) mass is 789 g/mol. The SMILES string of the molecule is CCCCCCCC/C=C\CCCCCCCCCCCC(=O)OC(CCC/C=C\CCCCCCCC)CCCCCCCC(=O)NC(CCCN)C(=O)O. The molecule has 328 valence electrons. The van der Waals surface area contributed by atoms with Crippen molar-refractivity contribution in [3.8, 4) is 0 Å². The first kappa shape index (κ1) is 53.9. The highest BCUT2D eigenvalue weighted by molar-refractivity contribution is 5.83. The number of amides is 1. The van der Waals surface area contributed by atoms with E-state index in [9.17, 15) is 19.5 Å². The van der Waals surface area contributed by atoms with Gasteiger partial charge in [0.2, 0.25) is 5.91 Å². The number of ether oxygens (including phenoxy) is 1. The number of carbonyl (C=O) groups excluding carboxylic acids is 2. The number of hydrogen-bond donors (Lipinski definition) is 3. The fraction of sp³-hybridized carbons (Fsp3) is 0.857. The normalized spacial score (nSPS) is 12.8. The maximum absolute atomic E-state index is 12.8. The van der Waals surface area contributed by atoms with Crippen LogP contribution in [0.2, 0.25) is 0 Å². The van der Waals surface area contributed by atoms with Crippen LogP contribution in [0.5, 0.6) is 0 Å². The van der Waals surface area contributed by atoms with Crippen LogP contribution in [0, 0.1) is 0 Å². The molecule has 56 heavy (non-hydrogen) atoms. The largest absolute Gasteiger partial charge is 0.480 e. The molecule has 0 aliphatic heterocycles. The standard InChI is InChI=1S/C49H92N2O5/c1-3-5-7-9-11-13-15-16-17-18-19-20-21-22-24-26-28-33-37-43-48(53)56-45(39-34-30-27-25-23-14-12-10-8-6-4-2)40-35-31-29-32-36-42-47(52)51-46(49(54)55)41-38-44-50/h16-17,25,27,45-46H,3-15,18-24,26,28-44,50H2,1-2H3,(H,51,52)(H,54,55)/b17-16-,27-25-. The summed E-state index contributed by atoms with van der Waals surface area (Å²) in [6.07, 6.45) is 50.9. The van der Waals surface area contributed by atoms with E-state index in [2.05, 4.69) is 43.5 Å². The molecule has 7 nitrogen and oxygen atoms in total. The zero-order chi connectivity index (χ0) is 41.0. The van der Waals surface area contributed by atoms with Gasteiger partial charge >= 0.3 is 11.9 Å². The molecule has 0 aromatic rings. The van der Waals surface area contributed by atoms with Crippen LogP contribution in [-0.2, 0) is 19.1 Å². The number of nitrogens with two attached hydrogens (primary N) is 1. The molecule has 1 amide bonds. The Labute approximate surface area is 346 Å². The number of esters is 1. The van der Waals surface area contributed by atoms with Crippen LogP contribution in [0.4, 0.5) is 0 Å². The Bertz CT molecular complexity index is 935. The summed E-state index contributed by atoms with van der Waals surface area (Å²) in [5.41, 5.74) is 5.49. The topological polar surface area (TPSA) is 119 Å². The number of hydrogen-bond acceptors (Lipinski definition) is 5. The number of unbranched alkanes of at least 4 members (excludes halogenated alkanes) is 26. The third kappa shape index (κ3) is 40.1. The highest BCUT2D eigenvalue weighted by Gasteiger charge is 2.19. The van der Waals surface area contributed by atoms with Crippen molar-refractivity contribution in [1.29, 1.82) is 0 Å². The van der Waals surface area contributed by atoms with E-state index in [0.717, 1.165) is 77.0 Å². The fourth-order valence-corrected chi connectivity index (χ4v) is 7.33. The molecule has 0 heterocycles. The van der Waals surface area contributed by atoms with Crippen molar-refractivity contribution in [2.24, 2.45) is 5.73 Å². The van der Waals surface area contributed by atoms with Gasteiger partial charge in [0.05, 0.1) is 0 Å². The Morgan fingerprint density at radius 1 is 0.500 bits per heavy atom. The Balaban J connectivity index is 4.24. The number of carboxylic acids is 1. The molecule has 0 saturated carbocycles. The van der Waals surface area contributed by atoms with E-state index < -0.39 is 12.0 Å². The van der Waals surface area contributed by atoms with Crippen molar-refractivity contribution in [1.82, 2.24) is 5.32 Å². The highest BCUT2D eigenvalue weighted by atomic mass is 16.5. The summed E-state index contributed by atoms with van der Waals surface area (Å²) in [5.74, 6) is -1.24. The number of rotatable bonds is 44. The van der Waals surface area contributed by atoms with E-state index in [0.29, 0.717) is 32.2 Å². The molecule has 0 radical (unpaired) electrons. The Kier molecular flexibility index (Phi) is 42.3. The molecule has 0 saturated heterocycles. The lowest BCUT2D eigenvalue weighted by Crippen LogP contribution is -2.40. The average Bonchev–Trinajstić information content (AvgIpc) is 3.18. The number of carboxylic acid groups (broad SMARTS) is 1. The summed E-state index contributed by atoms with van der Waals surface area (Å²) in [5, 5.41) is 12.0. The van der Waals surface area contributed by atoms with Crippen molar-refractivity contribution < 1.29 is 24.2 Å². The molecule has 7 heteroatoms. The first-order valence-electron chi connectivity index (χ1n) is 24.2. The highest BCUT2D eigenvalue weighted by Crippen LogP contribution is 2.18. The van der Waals surface area contributed by atoms with Crippen LogP contribution in [0.25, 0.3) is 0 Å². The van der Waals surface area contributed by atoms with E-state index in [-0.39, 0.29) is 18.0 Å². The van der Waals surface area contributed by atoms with Gasteiger partial charge in [-0.2, -0.15) is 0 Å². The lowest BCUT2D eigenvalue weighted by molar-refractivity contribution is -0.150. The molecule has 0 fully saturated rings. The van der Waals surface area contributed by atoms with Crippen molar-refractivity contribution in [2.75, 3.05) is 6.54 Å². The van der Waals surface area contributed by atoms with Gasteiger partial charge in [-0.1, -0.05) is 167 Å². The van der Waals surface area contributed by atoms with Gasteiger partial charge in [-0.15, -0.1) is 0 Å². The van der Waals surface area contributed by atoms with Gasteiger partial charge in [-0.25, -0.2) is 4.79 Å². The molecule has 4 N–H and O–H groups in total. The summed E-state index contributed by atoms with van der Waals surface area (Å²) in [6, 6.07) is -0.858.